The number of hydrogen-bond donors (Lipinski definition) is 2. The van der Waals surface area contributed by atoms with Crippen molar-refractivity contribution in [1.29, 1.82) is 0 Å². The molecular formula is C16H21NO5. The number of carboxylic acids is 1. The quantitative estimate of drug-likeness (QED) is 0.835. The number of ether oxygens (including phenoxy) is 2. The minimum absolute atomic E-state index is 0.224. The molecule has 2 rings (SSSR count). The molecule has 2 N–H and O–H groups in total. The van der Waals surface area contributed by atoms with Gasteiger partial charge in [0.15, 0.2) is 0 Å². The molecule has 0 bridgehead atoms. The van der Waals surface area contributed by atoms with Gasteiger partial charge in [0.1, 0.15) is 11.9 Å². The van der Waals surface area contributed by atoms with Crippen molar-refractivity contribution in [3.8, 4) is 5.75 Å². The van der Waals surface area contributed by atoms with Gasteiger partial charge in [0.25, 0.3) is 0 Å². The van der Waals surface area contributed by atoms with E-state index < -0.39 is 17.6 Å². The van der Waals surface area contributed by atoms with Gasteiger partial charge in [-0.2, -0.15) is 0 Å². The number of rotatable bonds is 6. The fourth-order valence-electron chi connectivity index (χ4n) is 2.62. The molecule has 2 atom stereocenters. The van der Waals surface area contributed by atoms with Crippen molar-refractivity contribution in [2.45, 2.75) is 37.8 Å². The van der Waals surface area contributed by atoms with Gasteiger partial charge in [-0.25, -0.2) is 0 Å². The Kier molecular flexibility index (Phi) is 5.03. The first-order valence-electron chi connectivity index (χ1n) is 7.24. The molecule has 1 amide bonds. The maximum Gasteiger partial charge on any atom is 0.306 e. The zero-order valence-electron chi connectivity index (χ0n) is 12.8. The Morgan fingerprint density at radius 2 is 2.27 bits per heavy atom. The van der Waals surface area contributed by atoms with E-state index in [4.69, 9.17) is 9.47 Å². The number of carbonyl (C=O) groups excluding carboxylic acids is 1. The Labute approximate surface area is 129 Å². The van der Waals surface area contributed by atoms with Crippen LogP contribution < -0.4 is 10.1 Å². The molecule has 120 valence electrons. The smallest absolute Gasteiger partial charge is 0.306 e. The third kappa shape index (κ3) is 3.76. The van der Waals surface area contributed by atoms with Crippen LogP contribution in [-0.2, 0) is 19.9 Å². The van der Waals surface area contributed by atoms with Crippen LogP contribution in [0.2, 0.25) is 0 Å². The monoisotopic (exact) mass is 307 g/mol. The number of carboxylic acid groups (broad SMARTS) is 1. The predicted octanol–water partition coefficient (Wildman–Crippen LogP) is 1.68. The number of methoxy groups -OCH3 is 1. The van der Waals surface area contributed by atoms with Gasteiger partial charge in [0.05, 0.1) is 19.1 Å². The van der Waals surface area contributed by atoms with Crippen LogP contribution in [0.15, 0.2) is 24.3 Å². The second kappa shape index (κ2) is 6.79. The number of nitrogens with one attached hydrogen (secondary N) is 1. The van der Waals surface area contributed by atoms with Crippen molar-refractivity contribution in [2.75, 3.05) is 13.7 Å². The lowest BCUT2D eigenvalue weighted by Gasteiger charge is -2.31. The first-order chi connectivity index (χ1) is 10.4. The van der Waals surface area contributed by atoms with Crippen LogP contribution >= 0.6 is 0 Å². The van der Waals surface area contributed by atoms with Gasteiger partial charge in [0, 0.05) is 6.61 Å². The SMILES string of the molecule is COc1cccc(C(C)(CC(=O)O)NC(=O)C2CCCO2)c1. The molecule has 1 heterocycles. The van der Waals surface area contributed by atoms with Gasteiger partial charge >= 0.3 is 5.97 Å². The summed E-state index contributed by atoms with van der Waals surface area (Å²) in [6.45, 7) is 2.26. The van der Waals surface area contributed by atoms with E-state index in [1.54, 1.807) is 38.3 Å². The van der Waals surface area contributed by atoms with Crippen LogP contribution in [0.4, 0.5) is 0 Å². The highest BCUT2D eigenvalue weighted by Gasteiger charge is 2.35. The van der Waals surface area contributed by atoms with Crippen molar-refractivity contribution in [2.24, 2.45) is 0 Å². The van der Waals surface area contributed by atoms with E-state index in [1.807, 2.05) is 0 Å². The van der Waals surface area contributed by atoms with Crippen LogP contribution in [0.1, 0.15) is 31.7 Å². The van der Waals surface area contributed by atoms with Gasteiger partial charge in [0.2, 0.25) is 5.91 Å². The maximum absolute atomic E-state index is 12.3. The molecule has 1 aliphatic rings. The Morgan fingerprint density at radius 3 is 2.86 bits per heavy atom. The van der Waals surface area contributed by atoms with Crippen LogP contribution in [0.25, 0.3) is 0 Å². The Hall–Kier alpha value is -2.08. The summed E-state index contributed by atoms with van der Waals surface area (Å²) in [5, 5.41) is 12.0. The fraction of sp³-hybridized carbons (Fsp3) is 0.500. The standard InChI is InChI=1S/C16H21NO5/c1-16(10-14(18)19,11-5-3-6-12(9-11)21-2)17-15(20)13-7-4-8-22-13/h3,5-6,9,13H,4,7-8,10H2,1-2H3,(H,17,20)(H,18,19). The number of hydrogen-bond acceptors (Lipinski definition) is 4. The van der Waals surface area contributed by atoms with Crippen LogP contribution in [0.3, 0.4) is 0 Å². The van der Waals surface area contributed by atoms with E-state index in [2.05, 4.69) is 5.32 Å². The summed E-state index contributed by atoms with van der Waals surface area (Å²) >= 11 is 0. The molecule has 1 aliphatic heterocycles. The second-order valence-corrected chi connectivity index (χ2v) is 5.63. The van der Waals surface area contributed by atoms with E-state index >= 15 is 0 Å². The predicted molar refractivity (Wildman–Crippen MR) is 79.7 cm³/mol. The Morgan fingerprint density at radius 1 is 1.50 bits per heavy atom. The third-order valence-corrected chi connectivity index (χ3v) is 3.83. The molecule has 0 radical (unpaired) electrons. The van der Waals surface area contributed by atoms with Gasteiger partial charge in [-0.05, 0) is 37.5 Å². The Balaban J connectivity index is 2.25. The van der Waals surface area contributed by atoms with Crippen molar-refractivity contribution in [3.63, 3.8) is 0 Å². The second-order valence-electron chi connectivity index (χ2n) is 5.63. The average molecular weight is 307 g/mol. The van der Waals surface area contributed by atoms with E-state index in [-0.39, 0.29) is 12.3 Å². The third-order valence-electron chi connectivity index (χ3n) is 3.83. The molecule has 2 unspecified atom stereocenters. The molecule has 1 aromatic rings. The summed E-state index contributed by atoms with van der Waals surface area (Å²) in [6.07, 6.45) is 0.775. The molecule has 6 heteroatoms. The van der Waals surface area contributed by atoms with Gasteiger partial charge in [-0.15, -0.1) is 0 Å². The van der Waals surface area contributed by atoms with Gasteiger partial charge in [-0.1, -0.05) is 12.1 Å². The van der Waals surface area contributed by atoms with Gasteiger partial charge < -0.3 is 19.9 Å². The van der Waals surface area contributed by atoms with Crippen molar-refractivity contribution < 1.29 is 24.2 Å². The first-order valence-corrected chi connectivity index (χ1v) is 7.24. The average Bonchev–Trinajstić information content (AvgIpc) is 3.00. The normalized spacial score (nSPS) is 20.2. The van der Waals surface area contributed by atoms with Crippen molar-refractivity contribution >= 4 is 11.9 Å². The summed E-state index contributed by atoms with van der Waals surface area (Å²) in [4.78, 5) is 23.5. The highest BCUT2D eigenvalue weighted by molar-refractivity contribution is 5.83. The minimum Gasteiger partial charge on any atom is -0.497 e. The minimum atomic E-state index is -1.02. The van der Waals surface area contributed by atoms with Gasteiger partial charge in [-0.3, -0.25) is 9.59 Å². The molecule has 0 spiro atoms. The largest absolute Gasteiger partial charge is 0.497 e. The van der Waals surface area contributed by atoms with E-state index in [0.717, 1.165) is 6.42 Å². The number of amides is 1. The lowest BCUT2D eigenvalue weighted by molar-refractivity contribution is -0.140. The maximum atomic E-state index is 12.3. The highest BCUT2D eigenvalue weighted by Crippen LogP contribution is 2.28. The molecule has 22 heavy (non-hydrogen) atoms. The fourth-order valence-corrected chi connectivity index (χ4v) is 2.62. The van der Waals surface area contributed by atoms with E-state index in [9.17, 15) is 14.7 Å². The van der Waals surface area contributed by atoms with Crippen LogP contribution in [0, 0.1) is 0 Å². The lowest BCUT2D eigenvalue weighted by atomic mass is 9.88. The lowest BCUT2D eigenvalue weighted by Crippen LogP contribution is -2.48. The highest BCUT2D eigenvalue weighted by atomic mass is 16.5. The summed E-state index contributed by atoms with van der Waals surface area (Å²) in [5.41, 5.74) is -0.343. The summed E-state index contributed by atoms with van der Waals surface area (Å²) in [6, 6.07) is 7.05. The number of benzene rings is 1. The first kappa shape index (κ1) is 16.3. The van der Waals surface area contributed by atoms with Crippen molar-refractivity contribution in [3.05, 3.63) is 29.8 Å². The zero-order valence-corrected chi connectivity index (χ0v) is 12.8. The molecule has 0 saturated carbocycles. The molecule has 6 nitrogen and oxygen atoms in total. The zero-order chi connectivity index (χ0) is 16.2. The molecule has 0 aromatic heterocycles. The van der Waals surface area contributed by atoms with E-state index in [1.165, 1.54) is 0 Å². The molecule has 1 fully saturated rings. The topological polar surface area (TPSA) is 84.9 Å². The summed E-state index contributed by atoms with van der Waals surface area (Å²) in [7, 11) is 1.54. The van der Waals surface area contributed by atoms with Crippen molar-refractivity contribution in [1.82, 2.24) is 5.32 Å². The Bertz CT molecular complexity index is 553. The summed E-state index contributed by atoms with van der Waals surface area (Å²) < 4.78 is 10.5. The van der Waals surface area contributed by atoms with E-state index in [0.29, 0.717) is 24.3 Å². The number of aliphatic carboxylic acids is 1. The summed E-state index contributed by atoms with van der Waals surface area (Å²) in [5.74, 6) is -0.650. The number of carbonyl (C=O) groups is 2. The molecule has 1 saturated heterocycles. The van der Waals surface area contributed by atoms with Crippen LogP contribution in [0.5, 0.6) is 5.75 Å². The molecule has 0 aliphatic carbocycles. The molecule has 1 aromatic carbocycles. The van der Waals surface area contributed by atoms with Crippen LogP contribution in [-0.4, -0.2) is 36.8 Å². The molecular weight excluding hydrogens is 286 g/mol.